The second kappa shape index (κ2) is 8.68. The number of nitrogens with one attached hydrogen (secondary N) is 1. The number of carbonyl (C=O) groups is 1. The summed E-state index contributed by atoms with van der Waals surface area (Å²) in [5, 5.41) is 20.5. The van der Waals surface area contributed by atoms with Gasteiger partial charge in [-0.15, -0.1) is 0 Å². The highest BCUT2D eigenvalue weighted by Gasteiger charge is 2.10. The molecule has 0 heterocycles. The zero-order valence-electron chi connectivity index (χ0n) is 13.4. The molecule has 0 saturated carbocycles. The van der Waals surface area contributed by atoms with E-state index in [0.29, 0.717) is 21.5 Å². The van der Waals surface area contributed by atoms with Gasteiger partial charge in [-0.25, -0.2) is 0 Å². The lowest BCUT2D eigenvalue weighted by Crippen LogP contribution is -2.13. The summed E-state index contributed by atoms with van der Waals surface area (Å²) in [5.74, 6) is 0.0375. The molecule has 1 amide bonds. The maximum atomic E-state index is 12.3. The van der Waals surface area contributed by atoms with E-state index in [1.54, 1.807) is 24.3 Å². The Morgan fingerprint density at radius 3 is 2.72 bits per heavy atom. The summed E-state index contributed by atoms with van der Waals surface area (Å²) in [6, 6.07) is 16.2. The van der Waals surface area contributed by atoms with Crippen molar-refractivity contribution in [2.75, 3.05) is 11.9 Å². The number of carbonyl (C=O) groups excluding carboxylic acids is 1. The normalized spacial score (nSPS) is 10.5. The average molecular weight is 396 g/mol. The predicted octanol–water partition coefficient (Wildman–Crippen LogP) is 4.21. The van der Waals surface area contributed by atoms with Gasteiger partial charge in [-0.3, -0.25) is 4.79 Å². The number of hydrogen-bond donors (Lipinski definition) is 1. The van der Waals surface area contributed by atoms with E-state index in [1.807, 2.05) is 37.3 Å². The van der Waals surface area contributed by atoms with Crippen LogP contribution in [0, 0.1) is 29.6 Å². The maximum Gasteiger partial charge on any atom is 0.266 e. The zero-order chi connectivity index (χ0) is 18.2. The van der Waals surface area contributed by atoms with Gasteiger partial charge >= 0.3 is 0 Å². The molecular formula is C19H14BrN3O2. The van der Waals surface area contributed by atoms with E-state index >= 15 is 0 Å². The second-order valence-electron chi connectivity index (χ2n) is 5.13. The summed E-state index contributed by atoms with van der Waals surface area (Å²) in [6.07, 6.45) is 1.49. The number of hydrogen-bond acceptors (Lipinski definition) is 4. The van der Waals surface area contributed by atoms with Crippen molar-refractivity contribution in [3.05, 3.63) is 63.6 Å². The van der Waals surface area contributed by atoms with Gasteiger partial charge in [-0.05, 0) is 64.3 Å². The first-order chi connectivity index (χ1) is 12.0. The van der Waals surface area contributed by atoms with Crippen molar-refractivity contribution in [1.29, 1.82) is 10.5 Å². The fourth-order valence-electron chi connectivity index (χ4n) is 2.07. The van der Waals surface area contributed by atoms with Gasteiger partial charge in [0.05, 0.1) is 4.47 Å². The van der Waals surface area contributed by atoms with Gasteiger partial charge in [0.15, 0.2) is 6.61 Å². The monoisotopic (exact) mass is 395 g/mol. The minimum atomic E-state index is -0.478. The topological polar surface area (TPSA) is 85.9 Å². The van der Waals surface area contributed by atoms with Crippen molar-refractivity contribution < 1.29 is 9.53 Å². The largest absolute Gasteiger partial charge is 0.478 e. The molecule has 2 aromatic carbocycles. The smallest absolute Gasteiger partial charge is 0.266 e. The minimum Gasteiger partial charge on any atom is -0.478 e. The molecule has 0 aromatic heterocycles. The van der Waals surface area contributed by atoms with Gasteiger partial charge < -0.3 is 10.1 Å². The molecule has 2 rings (SSSR count). The molecule has 0 unspecified atom stereocenters. The summed E-state index contributed by atoms with van der Waals surface area (Å²) in [5.41, 5.74) is 2.29. The number of ether oxygens (including phenoxy) is 1. The minimum absolute atomic E-state index is 0.0147. The number of nitrogens with zero attached hydrogens (tertiary/aromatic N) is 2. The Morgan fingerprint density at radius 1 is 1.28 bits per heavy atom. The van der Waals surface area contributed by atoms with Crippen LogP contribution in [-0.4, -0.2) is 12.5 Å². The molecule has 0 aliphatic carbocycles. The maximum absolute atomic E-state index is 12.3. The number of anilines is 1. The number of rotatable bonds is 5. The zero-order valence-corrected chi connectivity index (χ0v) is 15.0. The standard InChI is InChI=1S/C19H14BrN3O2/c1-13-3-2-4-16(9-13)23-19(24)15(12-22)10-14-5-6-18(17(20)11-14)25-8-7-21/h2-6,9-11H,8H2,1H3,(H,23,24)/b15-10-. The molecule has 6 heteroatoms. The first-order valence-corrected chi connectivity index (χ1v) is 8.12. The molecular weight excluding hydrogens is 382 g/mol. The van der Waals surface area contributed by atoms with E-state index in [1.165, 1.54) is 6.08 Å². The quantitative estimate of drug-likeness (QED) is 0.606. The highest BCUT2D eigenvalue weighted by Crippen LogP contribution is 2.27. The van der Waals surface area contributed by atoms with E-state index in [9.17, 15) is 10.1 Å². The van der Waals surface area contributed by atoms with Crippen molar-refractivity contribution >= 4 is 33.6 Å². The summed E-state index contributed by atoms with van der Waals surface area (Å²) < 4.78 is 5.87. The van der Waals surface area contributed by atoms with Crippen molar-refractivity contribution in [3.63, 3.8) is 0 Å². The fourth-order valence-corrected chi connectivity index (χ4v) is 2.58. The molecule has 0 aliphatic heterocycles. The molecule has 0 atom stereocenters. The lowest BCUT2D eigenvalue weighted by Gasteiger charge is -2.07. The lowest BCUT2D eigenvalue weighted by atomic mass is 10.1. The average Bonchev–Trinajstić information content (AvgIpc) is 2.58. The van der Waals surface area contributed by atoms with Gasteiger partial charge in [0, 0.05) is 5.69 Å². The van der Waals surface area contributed by atoms with Crippen LogP contribution < -0.4 is 10.1 Å². The molecule has 25 heavy (non-hydrogen) atoms. The molecule has 0 radical (unpaired) electrons. The van der Waals surface area contributed by atoms with Crippen molar-refractivity contribution in [2.45, 2.75) is 6.92 Å². The molecule has 0 spiro atoms. The highest BCUT2D eigenvalue weighted by molar-refractivity contribution is 9.10. The fraction of sp³-hybridized carbons (Fsp3) is 0.105. The number of amides is 1. The highest BCUT2D eigenvalue weighted by atomic mass is 79.9. The van der Waals surface area contributed by atoms with Crippen LogP contribution in [0.2, 0.25) is 0 Å². The molecule has 5 nitrogen and oxygen atoms in total. The molecule has 0 bridgehead atoms. The van der Waals surface area contributed by atoms with Crippen LogP contribution in [0.5, 0.6) is 5.75 Å². The first-order valence-electron chi connectivity index (χ1n) is 7.32. The Hall–Kier alpha value is -3.09. The number of aryl methyl sites for hydroxylation is 1. The van der Waals surface area contributed by atoms with Gasteiger partial charge in [0.2, 0.25) is 0 Å². The van der Waals surface area contributed by atoms with Gasteiger partial charge in [-0.2, -0.15) is 10.5 Å². The lowest BCUT2D eigenvalue weighted by molar-refractivity contribution is -0.112. The van der Waals surface area contributed by atoms with Crippen LogP contribution in [0.3, 0.4) is 0 Å². The van der Waals surface area contributed by atoms with Crippen LogP contribution in [0.4, 0.5) is 5.69 Å². The number of benzene rings is 2. The third kappa shape index (κ3) is 5.20. The van der Waals surface area contributed by atoms with Gasteiger partial charge in [0.1, 0.15) is 23.5 Å². The summed E-state index contributed by atoms with van der Waals surface area (Å²) >= 11 is 3.34. The Kier molecular flexibility index (Phi) is 6.33. The SMILES string of the molecule is Cc1cccc(NC(=O)/C(C#N)=C\c2ccc(OCC#N)c(Br)c2)c1. The van der Waals surface area contributed by atoms with Crippen LogP contribution in [-0.2, 0) is 4.79 Å². The van der Waals surface area contributed by atoms with Gasteiger partial charge in [-0.1, -0.05) is 18.2 Å². The van der Waals surface area contributed by atoms with E-state index in [4.69, 9.17) is 10.00 Å². The van der Waals surface area contributed by atoms with Crippen LogP contribution in [0.15, 0.2) is 52.5 Å². The Bertz CT molecular complexity index is 908. The Morgan fingerprint density at radius 2 is 2.08 bits per heavy atom. The van der Waals surface area contributed by atoms with Crippen molar-refractivity contribution in [2.24, 2.45) is 0 Å². The predicted molar refractivity (Wildman–Crippen MR) is 98.6 cm³/mol. The van der Waals surface area contributed by atoms with Crippen molar-refractivity contribution in [3.8, 4) is 17.9 Å². The van der Waals surface area contributed by atoms with E-state index in [0.717, 1.165) is 5.56 Å². The van der Waals surface area contributed by atoms with Gasteiger partial charge in [0.25, 0.3) is 5.91 Å². The first kappa shape index (κ1) is 18.3. The molecule has 2 aromatic rings. The van der Waals surface area contributed by atoms with Crippen LogP contribution in [0.1, 0.15) is 11.1 Å². The molecule has 1 N–H and O–H groups in total. The molecule has 0 saturated heterocycles. The molecule has 0 fully saturated rings. The third-order valence-corrected chi connectivity index (χ3v) is 3.82. The summed E-state index contributed by atoms with van der Waals surface area (Å²) in [4.78, 5) is 12.3. The summed E-state index contributed by atoms with van der Waals surface area (Å²) in [7, 11) is 0. The summed E-state index contributed by atoms with van der Waals surface area (Å²) in [6.45, 7) is 1.86. The van der Waals surface area contributed by atoms with Crippen LogP contribution >= 0.6 is 15.9 Å². The number of nitriles is 2. The molecule has 124 valence electrons. The van der Waals surface area contributed by atoms with E-state index in [2.05, 4.69) is 21.2 Å². The van der Waals surface area contributed by atoms with Crippen LogP contribution in [0.25, 0.3) is 6.08 Å². The van der Waals surface area contributed by atoms with Crippen molar-refractivity contribution in [1.82, 2.24) is 0 Å². The third-order valence-electron chi connectivity index (χ3n) is 3.20. The Labute approximate surface area is 154 Å². The number of halogens is 1. The van der Waals surface area contributed by atoms with E-state index < -0.39 is 5.91 Å². The van der Waals surface area contributed by atoms with E-state index in [-0.39, 0.29) is 12.2 Å². The molecule has 0 aliphatic rings. The Balaban J connectivity index is 2.19. The second-order valence-corrected chi connectivity index (χ2v) is 5.98.